The number of nitrogens with two attached hydrogens (primary N) is 8. The maximum Gasteiger partial charge on any atom is 0.245 e. The maximum atomic E-state index is 15.3. The van der Waals surface area contributed by atoms with Crippen LogP contribution in [0.15, 0.2) is 69.6 Å². The van der Waals surface area contributed by atoms with E-state index in [9.17, 15) is 53.1 Å². The number of hydrogen-bond acceptors (Lipinski definition) is 18. The van der Waals surface area contributed by atoms with E-state index in [4.69, 9.17) is 45.9 Å². The van der Waals surface area contributed by atoms with Crippen molar-refractivity contribution in [2.75, 3.05) is 45.0 Å². The van der Waals surface area contributed by atoms with E-state index in [-0.39, 0.29) is 113 Å². The van der Waals surface area contributed by atoms with Crippen molar-refractivity contribution in [2.24, 2.45) is 66.8 Å². The van der Waals surface area contributed by atoms with Gasteiger partial charge in [0, 0.05) is 43.1 Å². The lowest BCUT2D eigenvalue weighted by molar-refractivity contribution is -0.142. The number of nitrogens with zero attached hydrogens (tertiary/aromatic N) is 4. The third-order valence-electron chi connectivity index (χ3n) is 15.3. The Kier molecular flexibility index (Phi) is 31.9. The molecule has 0 aliphatic carbocycles. The van der Waals surface area contributed by atoms with E-state index in [2.05, 4.69) is 62.8 Å². The van der Waals surface area contributed by atoms with Crippen LogP contribution in [-0.4, -0.2) is 197 Å². The fraction of sp³-hybridized carbons (Fsp3) is 0.559. The lowest BCUT2D eigenvalue weighted by Crippen LogP contribution is -2.63. The van der Waals surface area contributed by atoms with Gasteiger partial charge in [0.05, 0.1) is 19.1 Å². The first-order chi connectivity index (χ1) is 44.5. The summed E-state index contributed by atoms with van der Waals surface area (Å²) in [5.41, 5.74) is 46.8. The molecule has 35 heteroatoms. The number of hydrogen-bond donors (Lipinski definition) is 18. The normalized spacial score (nSPS) is 21.7. The van der Waals surface area contributed by atoms with Crippen LogP contribution in [0.5, 0.6) is 5.75 Å². The highest BCUT2D eigenvalue weighted by atomic mass is 33.1. The summed E-state index contributed by atoms with van der Waals surface area (Å²) in [4.78, 5) is 169. The first-order valence-corrected chi connectivity index (χ1v) is 33.1. The molecule has 0 spiro atoms. The molecule has 0 bridgehead atoms. The summed E-state index contributed by atoms with van der Waals surface area (Å²) in [6.07, 6.45) is 0.818. The summed E-state index contributed by atoms with van der Waals surface area (Å²) in [7, 11) is 1.96. The van der Waals surface area contributed by atoms with Gasteiger partial charge in [0.25, 0.3) is 0 Å². The first-order valence-electron chi connectivity index (χ1n) is 30.8. The number of benzene rings is 2. The molecule has 2 aromatic rings. The van der Waals surface area contributed by atoms with Gasteiger partial charge in [-0.15, -0.1) is 0 Å². The monoisotopic (exact) mass is 1350 g/mol. The second-order valence-electron chi connectivity index (χ2n) is 23.2. The molecule has 2 fully saturated rings. The van der Waals surface area contributed by atoms with Crippen LogP contribution in [-0.2, 0) is 65.6 Å². The number of carbonyl (C=O) groups is 11. The number of phenolic OH excluding ortho intramolecular Hbond substituents is 1. The molecular formula is C59H93N21O12S2. The van der Waals surface area contributed by atoms with Crippen molar-refractivity contribution in [1.29, 1.82) is 0 Å². The standard InChI is InChI=1S/C59H93N21O12S2/c1-5-32(2)45-53(90)76-39(17-11-25-70-58(66)67)55(92)80-26-12-18-42(80)52(89)77-41(47(61)84)31-93-94-59(3,4)46(54(91)75-37(15-9-23-68-56(62)63)49(86)74-38(50(87)78-45)16-10-24-69-57(64)65)79-51(88)40(28-33-13-7-6-8-14-33)73-44(83)30-71-43(82)29-72-48(85)36(60)27-34-19-21-35(81)22-20-34/h6-8,13-14,19-22,32,36-42,45-46,81H,5,9-12,15-18,23-31,60H2,1-4H3,(H2,61,84)(H,71,82)(H,72,85)(H,73,83)(H,74,86)(H,75,91)(H,76,90)(H,77,89)(H,78,87)(H,79,88)(H4,62,63,68)(H4,64,65,69)(H4,66,67,70)/t32-,36-,37?,38?,39-,40-,41-,42-,45-,46-/m0/s1. The highest BCUT2D eigenvalue weighted by Crippen LogP contribution is 2.39. The third-order valence-corrected chi connectivity index (χ3v) is 18.6. The Morgan fingerprint density at radius 3 is 1.76 bits per heavy atom. The number of nitrogens with one attached hydrogen (secondary N) is 9. The van der Waals surface area contributed by atoms with E-state index >= 15 is 4.79 Å². The van der Waals surface area contributed by atoms with Crippen molar-refractivity contribution in [3.05, 3.63) is 65.7 Å². The summed E-state index contributed by atoms with van der Waals surface area (Å²) >= 11 is 0. The molecule has 94 heavy (non-hydrogen) atoms. The Morgan fingerprint density at radius 2 is 1.19 bits per heavy atom. The Morgan fingerprint density at radius 1 is 0.660 bits per heavy atom. The van der Waals surface area contributed by atoms with Gasteiger partial charge in [0.15, 0.2) is 17.9 Å². The molecule has 2 unspecified atom stereocenters. The number of carbonyl (C=O) groups excluding carboxylic acids is 11. The second kappa shape index (κ2) is 38.8. The SMILES string of the molecule is CC[C@H](C)[C@@H]1NC(=O)C(CCCN=C(N)N)NC(=O)C(CCCN=C(N)N)NC(=O)[C@H](NC(=O)[C@H](Cc2ccccc2)NC(=O)CNC(=O)CNC(=O)[C@@H](N)Cc2ccc(O)cc2)C(C)(C)SSC[C@@H](C(N)=O)NC(=O)[C@@H]2CCCN2C(=O)[C@H](CCCN=C(N)N)NC1=O. The molecule has 11 amide bonds. The average molecular weight is 1350 g/mol. The van der Waals surface area contributed by atoms with Crippen LogP contribution in [0, 0.1) is 5.92 Å². The fourth-order valence-electron chi connectivity index (χ4n) is 9.94. The smallest absolute Gasteiger partial charge is 0.245 e. The minimum Gasteiger partial charge on any atom is -0.508 e. The van der Waals surface area contributed by atoms with E-state index in [1.807, 2.05) is 0 Å². The zero-order chi connectivity index (χ0) is 69.7. The highest BCUT2D eigenvalue weighted by molar-refractivity contribution is 8.77. The predicted molar refractivity (Wildman–Crippen MR) is 357 cm³/mol. The molecule has 2 aliphatic rings. The molecule has 2 aromatic carbocycles. The molecule has 10 atom stereocenters. The lowest BCUT2D eigenvalue weighted by Gasteiger charge is -2.35. The van der Waals surface area contributed by atoms with E-state index in [0.29, 0.717) is 24.0 Å². The second-order valence-corrected chi connectivity index (χ2v) is 26.2. The van der Waals surface area contributed by atoms with Crippen molar-refractivity contribution in [3.63, 3.8) is 0 Å². The quantitative estimate of drug-likeness (QED) is 0.0172. The zero-order valence-corrected chi connectivity index (χ0v) is 55.0. The van der Waals surface area contributed by atoms with Crippen LogP contribution in [0.3, 0.4) is 0 Å². The summed E-state index contributed by atoms with van der Waals surface area (Å²) in [5.74, 6) is -10.6. The van der Waals surface area contributed by atoms with E-state index in [1.165, 1.54) is 17.0 Å². The van der Waals surface area contributed by atoms with Gasteiger partial charge in [-0.25, -0.2) is 0 Å². The summed E-state index contributed by atoms with van der Waals surface area (Å²) in [6, 6.07) is 2.28. The first kappa shape index (κ1) is 77.3. The molecular weight excluding hydrogens is 1260 g/mol. The molecule has 2 saturated heterocycles. The van der Waals surface area contributed by atoms with Gasteiger partial charge in [-0.1, -0.05) is 84.3 Å². The Balaban J connectivity index is 1.78. The number of guanidine groups is 3. The third kappa shape index (κ3) is 26.5. The van der Waals surface area contributed by atoms with Crippen LogP contribution in [0.1, 0.15) is 96.6 Å². The largest absolute Gasteiger partial charge is 0.508 e. The highest BCUT2D eigenvalue weighted by Gasteiger charge is 2.43. The Hall–Kier alpha value is -9.12. The van der Waals surface area contributed by atoms with E-state index in [0.717, 1.165) is 21.6 Å². The summed E-state index contributed by atoms with van der Waals surface area (Å²) < 4.78 is -1.46. The number of fused-ring (bicyclic) bond motifs is 1. The Labute approximate surface area is 553 Å². The fourth-order valence-corrected chi connectivity index (χ4v) is 12.8. The number of primary amides is 1. The van der Waals surface area contributed by atoms with Gasteiger partial charge in [-0.3, -0.25) is 67.7 Å². The van der Waals surface area contributed by atoms with Gasteiger partial charge in [-0.2, -0.15) is 0 Å². The van der Waals surface area contributed by atoms with Crippen LogP contribution in [0.4, 0.5) is 0 Å². The van der Waals surface area contributed by atoms with Crippen molar-refractivity contribution < 1.29 is 57.8 Å². The number of rotatable bonds is 27. The number of aromatic hydroxyl groups is 1. The van der Waals surface area contributed by atoms with Crippen LogP contribution in [0.2, 0.25) is 0 Å². The molecule has 0 aromatic heterocycles. The van der Waals surface area contributed by atoms with Gasteiger partial charge < -0.3 is 104 Å². The molecule has 2 heterocycles. The average Bonchev–Trinajstić information content (AvgIpc) is 1.73. The number of aliphatic imine (C=N–C) groups is 3. The van der Waals surface area contributed by atoms with Crippen LogP contribution < -0.4 is 93.7 Å². The van der Waals surface area contributed by atoms with E-state index in [1.54, 1.807) is 70.2 Å². The maximum absolute atomic E-state index is 15.3. The molecule has 518 valence electrons. The Bertz CT molecular complexity index is 3020. The molecule has 33 nitrogen and oxygen atoms in total. The number of amides is 11. The van der Waals surface area contributed by atoms with Gasteiger partial charge in [-0.05, 0) is 101 Å². The topological polar surface area (TPSA) is 565 Å². The molecule has 2 aliphatic heterocycles. The van der Waals surface area contributed by atoms with Crippen molar-refractivity contribution >= 4 is 104 Å². The minimum absolute atomic E-state index is 0.00159. The van der Waals surface area contributed by atoms with Gasteiger partial charge >= 0.3 is 0 Å². The minimum atomic E-state index is -1.65. The molecule has 0 radical (unpaired) electrons. The van der Waals surface area contributed by atoms with Gasteiger partial charge in [0.1, 0.15) is 54.1 Å². The van der Waals surface area contributed by atoms with Crippen molar-refractivity contribution in [3.8, 4) is 5.75 Å². The predicted octanol–water partition coefficient (Wildman–Crippen LogP) is -5.01. The van der Waals surface area contributed by atoms with E-state index < -0.39 is 143 Å². The van der Waals surface area contributed by atoms with Crippen molar-refractivity contribution in [2.45, 2.75) is 157 Å². The number of phenols is 1. The molecule has 0 saturated carbocycles. The van der Waals surface area contributed by atoms with Crippen LogP contribution in [0.25, 0.3) is 0 Å². The van der Waals surface area contributed by atoms with Gasteiger partial charge in [0.2, 0.25) is 65.0 Å². The van der Waals surface area contributed by atoms with Crippen LogP contribution >= 0.6 is 21.6 Å². The summed E-state index contributed by atoms with van der Waals surface area (Å²) in [5, 5.41) is 33.5. The molecule has 26 N–H and O–H groups in total. The summed E-state index contributed by atoms with van der Waals surface area (Å²) in [6.45, 7) is 5.47. The zero-order valence-electron chi connectivity index (χ0n) is 53.4. The van der Waals surface area contributed by atoms with Crippen molar-refractivity contribution in [1.82, 2.24) is 52.8 Å². The lowest BCUT2D eigenvalue weighted by atomic mass is 9.96. The molecule has 4 rings (SSSR count).